The van der Waals surface area contributed by atoms with Crippen molar-refractivity contribution in [1.82, 2.24) is 10.6 Å². The number of hydrogen-bond donors (Lipinski definition) is 5. The lowest BCUT2D eigenvalue weighted by molar-refractivity contribution is -0.143. The van der Waals surface area contributed by atoms with Gasteiger partial charge in [-0.2, -0.15) is 0 Å². The molecule has 0 unspecified atom stereocenters. The summed E-state index contributed by atoms with van der Waals surface area (Å²) in [5.41, 5.74) is 5.74. The van der Waals surface area contributed by atoms with E-state index in [-0.39, 0.29) is 25.2 Å². The number of carboxylic acid groups (broad SMARTS) is 1. The van der Waals surface area contributed by atoms with Crippen molar-refractivity contribution < 1.29 is 38.9 Å². The van der Waals surface area contributed by atoms with E-state index in [1.54, 1.807) is 37.3 Å². The van der Waals surface area contributed by atoms with Crippen LogP contribution in [-0.2, 0) is 28.7 Å². The van der Waals surface area contributed by atoms with E-state index in [9.17, 15) is 29.1 Å². The number of rotatable bonds is 13. The maximum Gasteiger partial charge on any atom is 0.325 e. The van der Waals surface area contributed by atoms with E-state index in [0.29, 0.717) is 17.3 Å². The molecule has 1 rings (SSSR count). The van der Waals surface area contributed by atoms with Crippen molar-refractivity contribution in [2.45, 2.75) is 38.0 Å². The zero-order valence-electron chi connectivity index (χ0n) is 17.5. The molecule has 1 aromatic carbocycles. The van der Waals surface area contributed by atoms with Gasteiger partial charge in [0.25, 0.3) is 0 Å². The van der Waals surface area contributed by atoms with Crippen LogP contribution < -0.4 is 16.4 Å². The Balaban J connectivity index is 2.74. The first-order valence-corrected chi connectivity index (χ1v) is 10.7. The molecule has 0 aliphatic rings. The summed E-state index contributed by atoms with van der Waals surface area (Å²) in [6.45, 7) is 1.29. The fourth-order valence-electron chi connectivity index (χ4n) is 2.37. The van der Waals surface area contributed by atoms with Crippen LogP contribution in [0.5, 0.6) is 0 Å². The standard InChI is InChI=1S/C20H27N3O8S/c1-2-31-16(25)10-22-18(27)14(23-15(24)9-8-13(21)19(28)29)11-32-20(30)17(26)12-6-4-3-5-7-12/h3-7,13-14,17,26H,2,8-11,21H2,1H3,(H,22,27)(H,23,24)(H,28,29)/t13-,14-,17+/m0/s1. The van der Waals surface area contributed by atoms with Crippen molar-refractivity contribution in [1.29, 1.82) is 0 Å². The molecule has 0 aromatic heterocycles. The van der Waals surface area contributed by atoms with Crippen molar-refractivity contribution >= 4 is 40.6 Å². The van der Waals surface area contributed by atoms with Crippen LogP contribution in [0.2, 0.25) is 0 Å². The molecule has 1 aromatic rings. The van der Waals surface area contributed by atoms with Crippen LogP contribution in [0.3, 0.4) is 0 Å². The Morgan fingerprint density at radius 2 is 1.81 bits per heavy atom. The molecule has 0 spiro atoms. The van der Waals surface area contributed by atoms with Gasteiger partial charge in [0, 0.05) is 12.2 Å². The first-order valence-electron chi connectivity index (χ1n) is 9.76. The second kappa shape index (κ2) is 14.2. The van der Waals surface area contributed by atoms with Crippen LogP contribution in [-0.4, -0.2) is 70.1 Å². The Morgan fingerprint density at radius 1 is 1.16 bits per heavy atom. The van der Waals surface area contributed by atoms with Gasteiger partial charge in [-0.05, 0) is 18.9 Å². The molecule has 6 N–H and O–H groups in total. The average molecular weight is 470 g/mol. The summed E-state index contributed by atoms with van der Waals surface area (Å²) in [7, 11) is 0. The first-order chi connectivity index (χ1) is 15.1. The summed E-state index contributed by atoms with van der Waals surface area (Å²) in [5, 5.41) is 23.0. The van der Waals surface area contributed by atoms with Crippen molar-refractivity contribution in [2.75, 3.05) is 18.9 Å². The van der Waals surface area contributed by atoms with Crippen molar-refractivity contribution in [3.8, 4) is 0 Å². The van der Waals surface area contributed by atoms with Crippen LogP contribution in [0.4, 0.5) is 0 Å². The van der Waals surface area contributed by atoms with E-state index in [2.05, 4.69) is 10.6 Å². The highest BCUT2D eigenvalue weighted by atomic mass is 32.2. The number of esters is 1. The van der Waals surface area contributed by atoms with Crippen LogP contribution >= 0.6 is 11.8 Å². The molecular formula is C20H27N3O8S. The molecule has 0 fully saturated rings. The highest BCUT2D eigenvalue weighted by Gasteiger charge is 2.26. The molecule has 0 heterocycles. The lowest BCUT2D eigenvalue weighted by Crippen LogP contribution is -2.50. The smallest absolute Gasteiger partial charge is 0.325 e. The van der Waals surface area contributed by atoms with Crippen LogP contribution in [0.15, 0.2) is 30.3 Å². The zero-order valence-corrected chi connectivity index (χ0v) is 18.3. The molecule has 176 valence electrons. The van der Waals surface area contributed by atoms with Gasteiger partial charge < -0.3 is 31.3 Å². The lowest BCUT2D eigenvalue weighted by Gasteiger charge is -2.19. The lowest BCUT2D eigenvalue weighted by atomic mass is 10.1. The van der Waals surface area contributed by atoms with E-state index in [1.807, 2.05) is 0 Å². The van der Waals surface area contributed by atoms with E-state index in [0.717, 1.165) is 0 Å². The largest absolute Gasteiger partial charge is 0.480 e. The molecule has 0 aliphatic carbocycles. The summed E-state index contributed by atoms with van der Waals surface area (Å²) in [4.78, 5) is 59.1. The van der Waals surface area contributed by atoms with Crippen LogP contribution in [0.25, 0.3) is 0 Å². The van der Waals surface area contributed by atoms with Crippen molar-refractivity contribution in [3.63, 3.8) is 0 Å². The molecule has 12 heteroatoms. The number of carbonyl (C=O) groups excluding carboxylic acids is 4. The second-order valence-electron chi connectivity index (χ2n) is 6.57. The topological polar surface area (TPSA) is 185 Å². The fraction of sp³-hybridized carbons (Fsp3) is 0.450. The van der Waals surface area contributed by atoms with E-state index < -0.39 is 53.6 Å². The van der Waals surface area contributed by atoms with Gasteiger partial charge >= 0.3 is 11.9 Å². The molecule has 2 amide bonds. The van der Waals surface area contributed by atoms with Gasteiger partial charge in [0.15, 0.2) is 0 Å². The summed E-state index contributed by atoms with van der Waals surface area (Å²) in [6, 6.07) is 5.71. The summed E-state index contributed by atoms with van der Waals surface area (Å²) < 4.78 is 4.72. The molecular weight excluding hydrogens is 442 g/mol. The number of nitrogens with one attached hydrogen (secondary N) is 2. The molecule has 32 heavy (non-hydrogen) atoms. The highest BCUT2D eigenvalue weighted by Crippen LogP contribution is 2.20. The third-order valence-corrected chi connectivity index (χ3v) is 5.10. The maximum absolute atomic E-state index is 12.4. The molecule has 0 saturated carbocycles. The third kappa shape index (κ3) is 9.90. The summed E-state index contributed by atoms with van der Waals surface area (Å²) in [6.07, 6.45) is -1.84. The Kier molecular flexibility index (Phi) is 12.0. The predicted molar refractivity (Wildman–Crippen MR) is 115 cm³/mol. The Hall–Kier alpha value is -2.96. The Bertz CT molecular complexity index is 805. The van der Waals surface area contributed by atoms with Crippen LogP contribution in [0, 0.1) is 0 Å². The van der Waals surface area contributed by atoms with Gasteiger partial charge in [-0.25, -0.2) is 0 Å². The number of carbonyl (C=O) groups is 5. The van der Waals surface area contributed by atoms with Gasteiger partial charge in [0.2, 0.25) is 16.9 Å². The average Bonchev–Trinajstić information content (AvgIpc) is 2.78. The second-order valence-corrected chi connectivity index (χ2v) is 7.59. The molecule has 0 bridgehead atoms. The number of amides is 2. The van der Waals surface area contributed by atoms with Crippen molar-refractivity contribution in [2.24, 2.45) is 5.73 Å². The maximum atomic E-state index is 12.4. The third-order valence-electron chi connectivity index (χ3n) is 4.09. The number of aliphatic carboxylic acids is 1. The quantitative estimate of drug-likeness (QED) is 0.232. The van der Waals surface area contributed by atoms with Gasteiger partial charge in [0.05, 0.1) is 6.61 Å². The molecule has 0 radical (unpaired) electrons. The minimum absolute atomic E-state index is 0.125. The molecule has 3 atom stereocenters. The monoisotopic (exact) mass is 469 g/mol. The van der Waals surface area contributed by atoms with Crippen LogP contribution in [0.1, 0.15) is 31.4 Å². The predicted octanol–water partition coefficient (Wildman–Crippen LogP) is -0.664. The summed E-state index contributed by atoms with van der Waals surface area (Å²) >= 11 is 0.632. The SMILES string of the molecule is CCOC(=O)CNC(=O)[C@H](CSC(=O)[C@H](O)c1ccccc1)NC(=O)CC[C@H](N)C(=O)O. The molecule has 0 saturated heterocycles. The van der Waals surface area contributed by atoms with Gasteiger partial charge in [-0.15, -0.1) is 0 Å². The Morgan fingerprint density at radius 3 is 2.41 bits per heavy atom. The van der Waals surface area contributed by atoms with E-state index in [4.69, 9.17) is 15.6 Å². The van der Waals surface area contributed by atoms with E-state index in [1.165, 1.54) is 0 Å². The Labute approximate surface area is 189 Å². The minimum Gasteiger partial charge on any atom is -0.480 e. The normalized spacial score (nSPS) is 13.3. The number of nitrogens with two attached hydrogens (primary N) is 1. The van der Waals surface area contributed by atoms with Gasteiger partial charge in [0.1, 0.15) is 24.7 Å². The fourth-order valence-corrected chi connectivity index (χ4v) is 3.23. The number of benzene rings is 1. The number of thioether (sulfide) groups is 1. The number of carboxylic acids is 1. The molecule has 11 nitrogen and oxygen atoms in total. The molecule has 0 aliphatic heterocycles. The summed E-state index contributed by atoms with van der Waals surface area (Å²) in [5.74, 6) is -3.58. The first kappa shape index (κ1) is 27.1. The highest BCUT2D eigenvalue weighted by molar-refractivity contribution is 8.13. The minimum atomic E-state index is -1.42. The zero-order chi connectivity index (χ0) is 24.1. The number of aliphatic hydroxyl groups excluding tert-OH is 1. The number of aliphatic hydroxyl groups is 1. The van der Waals surface area contributed by atoms with Gasteiger partial charge in [-0.3, -0.25) is 24.0 Å². The number of ether oxygens (including phenoxy) is 1. The number of hydrogen-bond acceptors (Lipinski definition) is 9. The van der Waals surface area contributed by atoms with E-state index >= 15 is 0 Å². The van der Waals surface area contributed by atoms with Gasteiger partial charge in [-0.1, -0.05) is 42.1 Å². The van der Waals surface area contributed by atoms with Crippen molar-refractivity contribution in [3.05, 3.63) is 35.9 Å².